The second-order valence-electron chi connectivity index (χ2n) is 10.7. The minimum absolute atomic E-state index is 0.0984. The lowest BCUT2D eigenvalue weighted by Crippen LogP contribution is -2.43. The SMILES string of the molecule is CN1CCN(Cc2cc(NC(=O)c3cccc(Oc4cc(-c5ccncc5)nc5c4CCS5)c3)cc(C(F)(F)F)c2)CC1. The van der Waals surface area contributed by atoms with Gasteiger partial charge in [-0.1, -0.05) is 6.07 Å². The van der Waals surface area contributed by atoms with Crippen LogP contribution < -0.4 is 10.1 Å². The fourth-order valence-corrected chi connectivity index (χ4v) is 6.24. The summed E-state index contributed by atoms with van der Waals surface area (Å²) in [6.07, 6.45) is -0.311. The largest absolute Gasteiger partial charge is 0.457 e. The average Bonchev–Trinajstić information content (AvgIpc) is 3.48. The van der Waals surface area contributed by atoms with Crippen molar-refractivity contribution in [1.29, 1.82) is 0 Å². The number of aromatic nitrogens is 2. The summed E-state index contributed by atoms with van der Waals surface area (Å²) in [4.78, 5) is 26.4. The van der Waals surface area contributed by atoms with Gasteiger partial charge in [0, 0.05) is 79.3 Å². The van der Waals surface area contributed by atoms with Gasteiger partial charge in [0.2, 0.25) is 0 Å². The summed E-state index contributed by atoms with van der Waals surface area (Å²) >= 11 is 1.67. The highest BCUT2D eigenvalue weighted by molar-refractivity contribution is 7.99. The lowest BCUT2D eigenvalue weighted by Gasteiger charge is -2.32. The van der Waals surface area contributed by atoms with Gasteiger partial charge in [-0.2, -0.15) is 13.2 Å². The Morgan fingerprint density at radius 1 is 1.02 bits per heavy atom. The van der Waals surface area contributed by atoms with Gasteiger partial charge in [0.25, 0.3) is 5.91 Å². The van der Waals surface area contributed by atoms with Crippen LogP contribution in [0.1, 0.15) is 27.0 Å². The number of thioether (sulfide) groups is 1. The lowest BCUT2D eigenvalue weighted by molar-refractivity contribution is -0.137. The Morgan fingerprint density at radius 2 is 1.81 bits per heavy atom. The molecule has 0 spiro atoms. The van der Waals surface area contributed by atoms with Crippen molar-refractivity contribution in [1.82, 2.24) is 19.8 Å². The summed E-state index contributed by atoms with van der Waals surface area (Å²) in [7, 11) is 2.03. The molecule has 1 fully saturated rings. The predicted octanol–water partition coefficient (Wildman–Crippen LogP) is 6.60. The Hall–Kier alpha value is -3.93. The number of carbonyl (C=O) groups is 1. The maximum atomic E-state index is 13.8. The minimum Gasteiger partial charge on any atom is -0.457 e. The van der Waals surface area contributed by atoms with E-state index in [1.807, 2.05) is 25.2 Å². The van der Waals surface area contributed by atoms with E-state index in [4.69, 9.17) is 9.72 Å². The van der Waals surface area contributed by atoms with Crippen molar-refractivity contribution in [3.63, 3.8) is 0 Å². The normalized spacial score (nSPS) is 15.7. The van der Waals surface area contributed by atoms with Crippen molar-refractivity contribution in [2.24, 2.45) is 0 Å². The van der Waals surface area contributed by atoms with E-state index in [1.165, 1.54) is 0 Å². The average molecular weight is 606 g/mol. The Balaban J connectivity index is 1.22. The van der Waals surface area contributed by atoms with Crippen LogP contribution in [0.15, 0.2) is 78.1 Å². The second-order valence-corrected chi connectivity index (χ2v) is 11.8. The molecule has 0 atom stereocenters. The van der Waals surface area contributed by atoms with Crippen LogP contribution >= 0.6 is 11.8 Å². The maximum absolute atomic E-state index is 13.8. The molecule has 0 bridgehead atoms. The van der Waals surface area contributed by atoms with Gasteiger partial charge in [0.05, 0.1) is 11.3 Å². The van der Waals surface area contributed by atoms with Crippen molar-refractivity contribution in [3.05, 3.63) is 95.3 Å². The van der Waals surface area contributed by atoms with Crippen LogP contribution in [0, 0.1) is 0 Å². The Morgan fingerprint density at radius 3 is 2.58 bits per heavy atom. The molecule has 1 saturated heterocycles. The minimum atomic E-state index is -4.54. The molecule has 1 N–H and O–H groups in total. The summed E-state index contributed by atoms with van der Waals surface area (Å²) in [5.41, 5.74) is 2.76. The molecule has 4 aromatic rings. The molecule has 11 heteroatoms. The zero-order valence-electron chi connectivity index (χ0n) is 23.5. The van der Waals surface area contributed by atoms with Crippen LogP contribution in [0.25, 0.3) is 11.3 Å². The first-order valence-electron chi connectivity index (χ1n) is 14.0. The summed E-state index contributed by atoms with van der Waals surface area (Å²) < 4.78 is 47.6. The number of carbonyl (C=O) groups excluding carboxylic acids is 1. The quantitative estimate of drug-likeness (QED) is 0.255. The lowest BCUT2D eigenvalue weighted by atomic mass is 10.1. The third kappa shape index (κ3) is 7.01. The molecule has 43 heavy (non-hydrogen) atoms. The number of ether oxygens (including phenoxy) is 1. The third-order valence-electron chi connectivity index (χ3n) is 7.52. The molecule has 0 radical (unpaired) electrons. The predicted molar refractivity (Wildman–Crippen MR) is 161 cm³/mol. The number of benzene rings is 2. The molecular weight excluding hydrogens is 575 g/mol. The highest BCUT2D eigenvalue weighted by Crippen LogP contribution is 2.40. The standard InChI is InChI=1S/C32H30F3N5O2S/c1-39-10-12-40(13-11-39)20-21-15-24(32(33,34)35)18-25(16-21)37-30(41)23-3-2-4-26(17-23)42-29-19-28(22-5-8-36-9-6-22)38-31-27(29)7-14-43-31/h2-6,8-9,15-19H,7,10-14,20H2,1H3,(H,37,41). The van der Waals surface area contributed by atoms with Crippen LogP contribution in [-0.4, -0.2) is 64.7 Å². The Bertz CT molecular complexity index is 1630. The van der Waals surface area contributed by atoms with Gasteiger partial charge in [-0.3, -0.25) is 14.7 Å². The number of nitrogens with one attached hydrogen (secondary N) is 1. The summed E-state index contributed by atoms with van der Waals surface area (Å²) in [6.45, 7) is 3.62. The number of rotatable bonds is 7. The molecule has 222 valence electrons. The van der Waals surface area contributed by atoms with Crippen molar-refractivity contribution >= 4 is 23.4 Å². The fraction of sp³-hybridized carbons (Fsp3) is 0.281. The van der Waals surface area contributed by atoms with Gasteiger partial charge in [0.15, 0.2) is 0 Å². The van der Waals surface area contributed by atoms with Gasteiger partial charge in [-0.25, -0.2) is 4.98 Å². The van der Waals surface area contributed by atoms with Crippen LogP contribution in [0.3, 0.4) is 0 Å². The molecule has 1 amide bonds. The number of amides is 1. The molecule has 2 aliphatic heterocycles. The zero-order chi connectivity index (χ0) is 30.0. The molecule has 2 aromatic heterocycles. The number of likely N-dealkylation sites (N-methyl/N-ethyl adjacent to an activating group) is 1. The summed E-state index contributed by atoms with van der Waals surface area (Å²) in [5, 5.41) is 3.59. The molecule has 0 saturated carbocycles. The number of nitrogens with zero attached hydrogens (tertiary/aromatic N) is 4. The molecular formula is C32H30F3N5O2S. The maximum Gasteiger partial charge on any atom is 0.416 e. The van der Waals surface area contributed by atoms with Gasteiger partial charge >= 0.3 is 6.18 Å². The molecule has 0 unspecified atom stereocenters. The van der Waals surface area contributed by atoms with Crippen LogP contribution in [-0.2, 0) is 19.1 Å². The summed E-state index contributed by atoms with van der Waals surface area (Å²) in [6, 6.07) is 16.0. The van der Waals surface area contributed by atoms with Crippen LogP contribution in [0.5, 0.6) is 11.5 Å². The Labute approximate surface area is 252 Å². The van der Waals surface area contributed by atoms with Gasteiger partial charge in [-0.15, -0.1) is 11.8 Å². The number of piperazine rings is 1. The van der Waals surface area contributed by atoms with E-state index >= 15 is 0 Å². The van der Waals surface area contributed by atoms with Crippen molar-refractivity contribution in [3.8, 4) is 22.8 Å². The number of fused-ring (bicyclic) bond motifs is 1. The van der Waals surface area contributed by atoms with E-state index in [0.29, 0.717) is 23.6 Å². The zero-order valence-corrected chi connectivity index (χ0v) is 24.3. The molecule has 7 nitrogen and oxygen atoms in total. The van der Waals surface area contributed by atoms with E-state index in [0.717, 1.165) is 72.3 Å². The second kappa shape index (κ2) is 12.4. The van der Waals surface area contributed by atoms with E-state index in [-0.39, 0.29) is 11.3 Å². The van der Waals surface area contributed by atoms with E-state index in [9.17, 15) is 18.0 Å². The smallest absolute Gasteiger partial charge is 0.416 e. The van der Waals surface area contributed by atoms with Crippen LogP contribution in [0.4, 0.5) is 18.9 Å². The topological polar surface area (TPSA) is 70.6 Å². The van der Waals surface area contributed by atoms with Crippen molar-refractivity contribution in [2.45, 2.75) is 24.2 Å². The number of anilines is 1. The monoisotopic (exact) mass is 605 g/mol. The molecule has 6 rings (SSSR count). The first kappa shape index (κ1) is 29.2. The molecule has 0 aliphatic carbocycles. The number of hydrogen-bond acceptors (Lipinski definition) is 7. The molecule has 2 aliphatic rings. The van der Waals surface area contributed by atoms with Gasteiger partial charge < -0.3 is 15.0 Å². The van der Waals surface area contributed by atoms with Gasteiger partial charge in [-0.05, 0) is 67.6 Å². The van der Waals surface area contributed by atoms with Crippen molar-refractivity contribution < 1.29 is 22.7 Å². The van der Waals surface area contributed by atoms with E-state index in [2.05, 4.69) is 20.1 Å². The fourth-order valence-electron chi connectivity index (χ4n) is 5.20. The number of hydrogen-bond donors (Lipinski definition) is 1. The van der Waals surface area contributed by atoms with E-state index in [1.54, 1.807) is 54.5 Å². The van der Waals surface area contributed by atoms with Crippen LogP contribution in [0.2, 0.25) is 0 Å². The first-order chi connectivity index (χ1) is 20.7. The first-order valence-corrected chi connectivity index (χ1v) is 15.0. The Kier molecular flexibility index (Phi) is 8.38. The number of alkyl halides is 3. The highest BCUT2D eigenvalue weighted by atomic mass is 32.2. The van der Waals surface area contributed by atoms with Crippen molar-refractivity contribution in [2.75, 3.05) is 44.3 Å². The highest BCUT2D eigenvalue weighted by Gasteiger charge is 2.32. The summed E-state index contributed by atoms with van der Waals surface area (Å²) in [5.74, 6) is 1.47. The third-order valence-corrected chi connectivity index (χ3v) is 8.54. The van der Waals surface area contributed by atoms with Gasteiger partial charge in [0.1, 0.15) is 16.5 Å². The number of halogens is 3. The molecule has 2 aromatic carbocycles. The number of pyridine rings is 2. The molecule has 4 heterocycles. The van der Waals surface area contributed by atoms with E-state index < -0.39 is 17.6 Å².